The van der Waals surface area contributed by atoms with Crippen molar-refractivity contribution in [1.29, 1.82) is 0 Å². The lowest BCUT2D eigenvalue weighted by atomic mass is 10.2. The van der Waals surface area contributed by atoms with Crippen LogP contribution in [0.1, 0.15) is 20.8 Å². The first-order chi connectivity index (χ1) is 10.6. The number of pyridine rings is 1. The molecule has 2 amide bonds. The van der Waals surface area contributed by atoms with E-state index in [1.807, 2.05) is 11.9 Å². The van der Waals surface area contributed by atoms with Gasteiger partial charge in [-0.1, -0.05) is 0 Å². The highest BCUT2D eigenvalue weighted by Gasteiger charge is 2.21. The number of hydrogen-bond donors (Lipinski definition) is 1. The van der Waals surface area contributed by atoms with E-state index >= 15 is 0 Å². The minimum absolute atomic E-state index is 0.0542. The summed E-state index contributed by atoms with van der Waals surface area (Å²) in [5, 5.41) is 2.69. The Bertz CT molecular complexity index is 527. The fraction of sp³-hybridized carbons (Fsp3) is 0.533. The molecular formula is C15H22N4O3. The third-order valence-corrected chi connectivity index (χ3v) is 3.62. The van der Waals surface area contributed by atoms with Gasteiger partial charge in [-0.05, 0) is 19.2 Å². The van der Waals surface area contributed by atoms with Gasteiger partial charge in [-0.3, -0.25) is 14.6 Å². The molecule has 7 heteroatoms. The third kappa shape index (κ3) is 4.25. The first-order valence-electron chi connectivity index (χ1n) is 7.33. The van der Waals surface area contributed by atoms with Crippen molar-refractivity contribution in [3.05, 3.63) is 29.6 Å². The van der Waals surface area contributed by atoms with Gasteiger partial charge in [0.05, 0.1) is 6.61 Å². The first kappa shape index (κ1) is 16.4. The molecule has 1 aliphatic heterocycles. The van der Waals surface area contributed by atoms with Crippen molar-refractivity contribution in [3.63, 3.8) is 0 Å². The van der Waals surface area contributed by atoms with Gasteiger partial charge < -0.3 is 19.9 Å². The Labute approximate surface area is 130 Å². The zero-order chi connectivity index (χ0) is 15.9. The lowest BCUT2D eigenvalue weighted by Crippen LogP contribution is -2.47. The Morgan fingerprint density at radius 1 is 1.32 bits per heavy atom. The number of ether oxygens (including phenoxy) is 1. The molecule has 0 atom stereocenters. The summed E-state index contributed by atoms with van der Waals surface area (Å²) in [7, 11) is 3.61. The third-order valence-electron chi connectivity index (χ3n) is 3.62. The molecule has 2 heterocycles. The molecule has 0 aromatic carbocycles. The summed E-state index contributed by atoms with van der Waals surface area (Å²) in [6, 6.07) is 3.19. The second-order valence-electron chi connectivity index (χ2n) is 5.27. The average molecular weight is 306 g/mol. The normalized spacial score (nSPS) is 15.6. The first-order valence-corrected chi connectivity index (χ1v) is 7.33. The predicted octanol–water partition coefficient (Wildman–Crippen LogP) is -0.155. The zero-order valence-corrected chi connectivity index (χ0v) is 13.0. The molecule has 1 fully saturated rings. The number of piperazine rings is 1. The molecule has 120 valence electrons. The summed E-state index contributed by atoms with van der Waals surface area (Å²) in [6.45, 7) is 3.97. The van der Waals surface area contributed by atoms with Crippen LogP contribution in [0.3, 0.4) is 0 Å². The Morgan fingerprint density at radius 3 is 2.73 bits per heavy atom. The van der Waals surface area contributed by atoms with Crippen LogP contribution in [0.15, 0.2) is 18.3 Å². The standard InChI is InChI=1S/C15H22N4O3/c1-18-6-8-19(9-7-18)15(21)12-3-4-16-13(11-12)14(20)17-5-10-22-2/h3-4,11H,5-10H2,1-2H3,(H,17,20). The molecule has 2 rings (SSSR count). The fourth-order valence-corrected chi connectivity index (χ4v) is 2.24. The number of amides is 2. The summed E-state index contributed by atoms with van der Waals surface area (Å²) in [4.78, 5) is 32.4. The Kier molecular flexibility index (Phi) is 5.85. The zero-order valence-electron chi connectivity index (χ0n) is 13.0. The molecule has 1 N–H and O–H groups in total. The quantitative estimate of drug-likeness (QED) is 0.766. The van der Waals surface area contributed by atoms with Gasteiger partial charge in [0.2, 0.25) is 0 Å². The fourth-order valence-electron chi connectivity index (χ4n) is 2.24. The van der Waals surface area contributed by atoms with Gasteiger partial charge in [0, 0.05) is 51.6 Å². The van der Waals surface area contributed by atoms with Crippen LogP contribution in [-0.2, 0) is 4.74 Å². The van der Waals surface area contributed by atoms with Gasteiger partial charge in [0.25, 0.3) is 11.8 Å². The summed E-state index contributed by atoms with van der Waals surface area (Å²) >= 11 is 0. The molecular weight excluding hydrogens is 284 g/mol. The van der Waals surface area contributed by atoms with Crippen LogP contribution in [0.2, 0.25) is 0 Å². The van der Waals surface area contributed by atoms with E-state index in [1.54, 1.807) is 19.2 Å². The van der Waals surface area contributed by atoms with E-state index in [0.29, 0.717) is 31.8 Å². The lowest BCUT2D eigenvalue weighted by Gasteiger charge is -2.32. The molecule has 1 aromatic heterocycles. The largest absolute Gasteiger partial charge is 0.383 e. The number of aromatic nitrogens is 1. The molecule has 1 aliphatic rings. The number of rotatable bonds is 5. The predicted molar refractivity (Wildman–Crippen MR) is 81.8 cm³/mol. The van der Waals surface area contributed by atoms with Gasteiger partial charge >= 0.3 is 0 Å². The Hall–Kier alpha value is -1.99. The molecule has 0 spiro atoms. The number of likely N-dealkylation sites (N-methyl/N-ethyl adjacent to an activating group) is 1. The van der Waals surface area contributed by atoms with E-state index in [1.165, 1.54) is 6.20 Å². The van der Waals surface area contributed by atoms with Crippen LogP contribution < -0.4 is 5.32 Å². The van der Waals surface area contributed by atoms with E-state index < -0.39 is 0 Å². The second kappa shape index (κ2) is 7.86. The maximum atomic E-state index is 12.5. The topological polar surface area (TPSA) is 74.8 Å². The number of methoxy groups -OCH3 is 1. The van der Waals surface area contributed by atoms with Gasteiger partial charge in [-0.25, -0.2) is 0 Å². The minimum atomic E-state index is -0.301. The van der Waals surface area contributed by atoms with Crippen LogP contribution >= 0.6 is 0 Å². The van der Waals surface area contributed by atoms with E-state index in [2.05, 4.69) is 15.2 Å². The molecule has 0 radical (unpaired) electrons. The van der Waals surface area contributed by atoms with E-state index in [-0.39, 0.29) is 17.5 Å². The number of carbonyl (C=O) groups excluding carboxylic acids is 2. The molecule has 0 unspecified atom stereocenters. The van der Waals surface area contributed by atoms with Crippen LogP contribution in [0.25, 0.3) is 0 Å². The lowest BCUT2D eigenvalue weighted by molar-refractivity contribution is 0.0664. The molecule has 0 saturated carbocycles. The summed E-state index contributed by atoms with van der Waals surface area (Å²) in [6.07, 6.45) is 1.49. The molecule has 1 saturated heterocycles. The highest BCUT2D eigenvalue weighted by Crippen LogP contribution is 2.09. The SMILES string of the molecule is COCCNC(=O)c1cc(C(=O)N2CCN(C)CC2)ccn1. The molecule has 7 nitrogen and oxygen atoms in total. The van der Waals surface area contributed by atoms with Crippen LogP contribution in [0.5, 0.6) is 0 Å². The van der Waals surface area contributed by atoms with Gasteiger partial charge in [0.1, 0.15) is 5.69 Å². The number of hydrogen-bond acceptors (Lipinski definition) is 5. The Morgan fingerprint density at radius 2 is 2.05 bits per heavy atom. The smallest absolute Gasteiger partial charge is 0.269 e. The van der Waals surface area contributed by atoms with Crippen molar-refractivity contribution in [2.75, 3.05) is 53.5 Å². The summed E-state index contributed by atoms with van der Waals surface area (Å²) < 4.78 is 4.88. The maximum Gasteiger partial charge on any atom is 0.269 e. The summed E-state index contributed by atoms with van der Waals surface area (Å²) in [5.74, 6) is -0.355. The van der Waals surface area contributed by atoms with Crippen LogP contribution in [-0.4, -0.2) is 80.1 Å². The number of nitrogens with one attached hydrogen (secondary N) is 1. The number of nitrogens with zero attached hydrogens (tertiary/aromatic N) is 3. The molecule has 0 aliphatic carbocycles. The van der Waals surface area contributed by atoms with Crippen LogP contribution in [0, 0.1) is 0 Å². The van der Waals surface area contributed by atoms with Crippen molar-refractivity contribution >= 4 is 11.8 Å². The van der Waals surface area contributed by atoms with Crippen LogP contribution in [0.4, 0.5) is 0 Å². The van der Waals surface area contributed by atoms with Crippen molar-refractivity contribution in [3.8, 4) is 0 Å². The minimum Gasteiger partial charge on any atom is -0.383 e. The highest BCUT2D eigenvalue weighted by molar-refractivity contribution is 5.98. The molecule has 22 heavy (non-hydrogen) atoms. The van der Waals surface area contributed by atoms with Gasteiger partial charge in [0.15, 0.2) is 0 Å². The Balaban J connectivity index is 2.01. The molecule has 1 aromatic rings. The van der Waals surface area contributed by atoms with E-state index in [0.717, 1.165) is 13.1 Å². The van der Waals surface area contributed by atoms with Gasteiger partial charge in [-0.15, -0.1) is 0 Å². The number of carbonyl (C=O) groups is 2. The van der Waals surface area contributed by atoms with Crippen molar-refractivity contribution in [2.45, 2.75) is 0 Å². The maximum absolute atomic E-state index is 12.5. The van der Waals surface area contributed by atoms with Crippen molar-refractivity contribution < 1.29 is 14.3 Å². The average Bonchev–Trinajstić information content (AvgIpc) is 2.55. The van der Waals surface area contributed by atoms with Gasteiger partial charge in [-0.2, -0.15) is 0 Å². The van der Waals surface area contributed by atoms with Crippen molar-refractivity contribution in [1.82, 2.24) is 20.1 Å². The van der Waals surface area contributed by atoms with E-state index in [9.17, 15) is 9.59 Å². The second-order valence-corrected chi connectivity index (χ2v) is 5.27. The molecule has 0 bridgehead atoms. The monoisotopic (exact) mass is 306 g/mol. The van der Waals surface area contributed by atoms with E-state index in [4.69, 9.17) is 4.74 Å². The highest BCUT2D eigenvalue weighted by atomic mass is 16.5. The van der Waals surface area contributed by atoms with Crippen molar-refractivity contribution in [2.24, 2.45) is 0 Å². The summed E-state index contributed by atoms with van der Waals surface area (Å²) in [5.41, 5.74) is 0.743.